The van der Waals surface area contributed by atoms with Gasteiger partial charge >= 0.3 is 0 Å². The number of methoxy groups -OCH3 is 1. The van der Waals surface area contributed by atoms with Crippen molar-refractivity contribution in [3.63, 3.8) is 0 Å². The van der Waals surface area contributed by atoms with Gasteiger partial charge in [0.15, 0.2) is 0 Å². The maximum atomic E-state index is 6.23. The van der Waals surface area contributed by atoms with Gasteiger partial charge in [0, 0.05) is 27.2 Å². The number of hydrogen-bond acceptors (Lipinski definition) is 4. The molecule has 0 amide bonds. The van der Waals surface area contributed by atoms with Crippen LogP contribution in [-0.2, 0) is 0 Å². The van der Waals surface area contributed by atoms with Crippen LogP contribution in [-0.4, -0.2) is 24.9 Å². The molecular formula is C19H13BN2OS2. The van der Waals surface area contributed by atoms with Gasteiger partial charge in [-0.25, -0.2) is 4.98 Å². The molecule has 0 spiro atoms. The van der Waals surface area contributed by atoms with Gasteiger partial charge < -0.3 is 9.72 Å². The van der Waals surface area contributed by atoms with E-state index in [9.17, 15) is 0 Å². The summed E-state index contributed by atoms with van der Waals surface area (Å²) in [6, 6.07) is 15.8. The van der Waals surface area contributed by atoms with E-state index >= 15 is 0 Å². The molecule has 0 saturated carbocycles. The van der Waals surface area contributed by atoms with Gasteiger partial charge in [-0.05, 0) is 23.7 Å². The molecule has 2 aromatic heterocycles. The standard InChI is InChI=1S/C19H13BN2OS2/c1-23-14-8-7-12-15(24)9-13(22-18(12)17(14)20)16-10-21-19(25-16)11-5-3-2-4-6-11/h2-10H,1H3,(H,22,24). The number of benzene rings is 2. The third-order valence-electron chi connectivity index (χ3n) is 4.02. The molecule has 0 fully saturated rings. The molecule has 0 atom stereocenters. The number of rotatable bonds is 3. The van der Waals surface area contributed by atoms with Crippen LogP contribution >= 0.6 is 23.6 Å². The first-order valence-corrected chi connectivity index (χ1v) is 8.91. The summed E-state index contributed by atoms with van der Waals surface area (Å²) < 4.78 is 6.06. The van der Waals surface area contributed by atoms with Crippen LogP contribution in [0.1, 0.15) is 0 Å². The lowest BCUT2D eigenvalue weighted by atomic mass is 9.91. The van der Waals surface area contributed by atoms with Crippen molar-refractivity contribution in [2.75, 3.05) is 7.11 Å². The summed E-state index contributed by atoms with van der Waals surface area (Å²) in [4.78, 5) is 8.94. The normalized spacial score (nSPS) is 10.9. The van der Waals surface area contributed by atoms with Gasteiger partial charge in [-0.15, -0.1) is 11.3 Å². The Morgan fingerprint density at radius 3 is 2.72 bits per heavy atom. The minimum absolute atomic E-state index is 0.556. The number of thiazole rings is 1. The van der Waals surface area contributed by atoms with E-state index < -0.39 is 0 Å². The zero-order valence-electron chi connectivity index (χ0n) is 13.4. The number of H-pyrrole nitrogens is 1. The molecule has 4 aromatic rings. The fourth-order valence-corrected chi connectivity index (χ4v) is 3.92. The monoisotopic (exact) mass is 360 g/mol. The van der Waals surface area contributed by atoms with Crippen molar-refractivity contribution in [2.45, 2.75) is 0 Å². The van der Waals surface area contributed by atoms with Gasteiger partial charge in [0.2, 0.25) is 0 Å². The van der Waals surface area contributed by atoms with Crippen LogP contribution in [0.3, 0.4) is 0 Å². The summed E-state index contributed by atoms with van der Waals surface area (Å²) in [5.74, 6) is 0.629. The van der Waals surface area contributed by atoms with Crippen molar-refractivity contribution in [1.82, 2.24) is 9.97 Å². The maximum Gasteiger partial charge on any atom is 0.123 e. The largest absolute Gasteiger partial charge is 0.497 e. The fraction of sp³-hybridized carbons (Fsp3) is 0.0526. The van der Waals surface area contributed by atoms with Gasteiger partial charge in [0.25, 0.3) is 0 Å². The minimum Gasteiger partial charge on any atom is -0.497 e. The highest BCUT2D eigenvalue weighted by Crippen LogP contribution is 2.32. The number of hydrogen-bond donors (Lipinski definition) is 1. The van der Waals surface area contributed by atoms with E-state index in [-0.39, 0.29) is 0 Å². The second kappa shape index (κ2) is 6.46. The lowest BCUT2D eigenvalue weighted by molar-refractivity contribution is 0.418. The van der Waals surface area contributed by atoms with E-state index in [0.29, 0.717) is 11.2 Å². The summed E-state index contributed by atoms with van der Waals surface area (Å²) in [5, 5.41) is 1.87. The zero-order valence-corrected chi connectivity index (χ0v) is 15.1. The highest BCUT2D eigenvalue weighted by atomic mass is 32.1. The first-order chi connectivity index (χ1) is 12.2. The number of nitrogens with one attached hydrogen (secondary N) is 1. The number of nitrogens with zero attached hydrogens (tertiary/aromatic N) is 1. The van der Waals surface area contributed by atoms with Crippen molar-refractivity contribution in [1.29, 1.82) is 0 Å². The topological polar surface area (TPSA) is 37.9 Å². The SMILES string of the molecule is [B]c1c(OC)ccc2c(=S)cc(-c3cnc(-c4ccccc4)s3)[nH]c12. The van der Waals surface area contributed by atoms with Crippen LogP contribution in [0.2, 0.25) is 0 Å². The third-order valence-corrected chi connectivity index (χ3v) is 5.44. The van der Waals surface area contributed by atoms with Crippen LogP contribution in [0.15, 0.2) is 54.7 Å². The molecule has 4 rings (SSSR count). The predicted octanol–water partition coefficient (Wildman–Crippen LogP) is 4.49. The van der Waals surface area contributed by atoms with E-state index in [2.05, 4.69) is 9.97 Å². The molecule has 0 bridgehead atoms. The Bertz CT molecular complexity index is 1120. The average molecular weight is 360 g/mol. The number of pyridine rings is 1. The first-order valence-electron chi connectivity index (χ1n) is 7.68. The molecule has 0 saturated heterocycles. The van der Waals surface area contributed by atoms with E-state index in [1.165, 1.54) is 0 Å². The van der Waals surface area contributed by atoms with E-state index in [4.69, 9.17) is 24.8 Å². The lowest BCUT2D eigenvalue weighted by Crippen LogP contribution is -2.10. The number of fused-ring (bicyclic) bond motifs is 1. The lowest BCUT2D eigenvalue weighted by Gasteiger charge is -2.10. The Hall–Kier alpha value is -2.44. The van der Waals surface area contributed by atoms with Crippen LogP contribution in [0.25, 0.3) is 32.0 Å². The summed E-state index contributed by atoms with van der Waals surface area (Å²) in [7, 11) is 7.83. The molecule has 2 heterocycles. The molecule has 2 radical (unpaired) electrons. The molecule has 0 unspecified atom stereocenters. The van der Waals surface area contributed by atoms with Crippen molar-refractivity contribution in [2.24, 2.45) is 0 Å². The molecule has 2 aromatic carbocycles. The molecule has 0 aliphatic heterocycles. The predicted molar refractivity (Wildman–Crippen MR) is 108 cm³/mol. The second-order valence-electron chi connectivity index (χ2n) is 5.55. The molecule has 6 heteroatoms. The van der Waals surface area contributed by atoms with Gasteiger partial charge in [0.1, 0.15) is 18.6 Å². The van der Waals surface area contributed by atoms with E-state index in [0.717, 1.165) is 36.6 Å². The van der Waals surface area contributed by atoms with Crippen molar-refractivity contribution >= 4 is 47.8 Å². The number of ether oxygens (including phenoxy) is 1. The zero-order chi connectivity index (χ0) is 17.4. The van der Waals surface area contributed by atoms with Gasteiger partial charge in [-0.1, -0.05) is 42.5 Å². The second-order valence-corrected chi connectivity index (χ2v) is 7.02. The summed E-state index contributed by atoms with van der Waals surface area (Å²) >= 11 is 7.16. The Morgan fingerprint density at radius 1 is 1.16 bits per heavy atom. The highest BCUT2D eigenvalue weighted by Gasteiger charge is 2.11. The molecule has 0 aliphatic rings. The van der Waals surface area contributed by atoms with Gasteiger partial charge in [-0.2, -0.15) is 0 Å². The van der Waals surface area contributed by atoms with Gasteiger partial charge in [-0.3, -0.25) is 0 Å². The Balaban J connectivity index is 1.86. The van der Waals surface area contributed by atoms with Crippen LogP contribution < -0.4 is 10.2 Å². The summed E-state index contributed by atoms with van der Waals surface area (Å²) in [6.45, 7) is 0. The molecule has 1 N–H and O–H groups in total. The Kier molecular flexibility index (Phi) is 4.15. The average Bonchev–Trinajstić information content (AvgIpc) is 3.13. The smallest absolute Gasteiger partial charge is 0.123 e. The highest BCUT2D eigenvalue weighted by molar-refractivity contribution is 7.71. The summed E-state index contributed by atoms with van der Waals surface area (Å²) in [5.41, 5.74) is 3.34. The number of aromatic nitrogens is 2. The van der Waals surface area contributed by atoms with E-state index in [1.54, 1.807) is 18.4 Å². The van der Waals surface area contributed by atoms with Crippen LogP contribution in [0.5, 0.6) is 5.75 Å². The van der Waals surface area contributed by atoms with Crippen LogP contribution in [0.4, 0.5) is 0 Å². The van der Waals surface area contributed by atoms with E-state index in [1.807, 2.05) is 54.7 Å². The summed E-state index contributed by atoms with van der Waals surface area (Å²) in [6.07, 6.45) is 1.86. The Morgan fingerprint density at radius 2 is 1.96 bits per heavy atom. The van der Waals surface area contributed by atoms with Crippen molar-refractivity contribution < 1.29 is 4.74 Å². The Labute approximate surface area is 155 Å². The van der Waals surface area contributed by atoms with Crippen molar-refractivity contribution in [3.8, 4) is 26.9 Å². The molecule has 0 aliphatic carbocycles. The quantitative estimate of drug-likeness (QED) is 0.432. The maximum absolute atomic E-state index is 6.23. The van der Waals surface area contributed by atoms with Crippen molar-refractivity contribution in [3.05, 3.63) is 59.2 Å². The molecule has 25 heavy (non-hydrogen) atoms. The fourth-order valence-electron chi connectivity index (χ4n) is 2.74. The number of aromatic amines is 1. The molecule has 120 valence electrons. The minimum atomic E-state index is 0.556. The first kappa shape index (κ1) is 16.1. The van der Waals surface area contributed by atoms with Crippen LogP contribution in [0, 0.1) is 4.51 Å². The third kappa shape index (κ3) is 2.88. The molecule has 3 nitrogen and oxygen atoms in total. The molecular weight excluding hydrogens is 347 g/mol. The van der Waals surface area contributed by atoms with Gasteiger partial charge in [0.05, 0.1) is 17.7 Å².